The highest BCUT2D eigenvalue weighted by atomic mass is 35.5. The molecule has 2 aromatic rings. The predicted octanol–water partition coefficient (Wildman–Crippen LogP) is 2.23. The van der Waals surface area contributed by atoms with Crippen molar-refractivity contribution in [1.82, 2.24) is 24.6 Å². The molecular formula is C17H22ClN5O. The third-order valence-electron chi connectivity index (χ3n) is 4.34. The fourth-order valence-electron chi connectivity index (χ4n) is 2.97. The second-order valence-electron chi connectivity index (χ2n) is 6.09. The molecule has 1 saturated heterocycles. The Balaban J connectivity index is 1.57. The Labute approximate surface area is 147 Å². The second-order valence-corrected chi connectivity index (χ2v) is 6.53. The zero-order valence-electron chi connectivity index (χ0n) is 13.8. The number of rotatable bonds is 4. The fourth-order valence-corrected chi connectivity index (χ4v) is 3.12. The van der Waals surface area contributed by atoms with Crippen LogP contribution in [0, 0.1) is 0 Å². The van der Waals surface area contributed by atoms with Gasteiger partial charge in [0.1, 0.15) is 6.04 Å². The molecule has 6 nitrogen and oxygen atoms in total. The van der Waals surface area contributed by atoms with E-state index in [1.165, 1.54) is 0 Å². The van der Waals surface area contributed by atoms with Crippen molar-refractivity contribution in [3.63, 3.8) is 0 Å². The number of amides is 1. The molecule has 0 bridgehead atoms. The summed E-state index contributed by atoms with van der Waals surface area (Å²) in [5.74, 6) is 0.0921. The first-order valence-electron chi connectivity index (χ1n) is 8.24. The van der Waals surface area contributed by atoms with Crippen LogP contribution >= 0.6 is 11.6 Å². The standard InChI is InChI=1S/C17H22ClN5O/c1-14(23-12-15(18)11-20-23)17(24)22-8-4-7-21(9-10-22)13-16-5-2-3-6-19-16/h2-3,5-6,11-12,14H,4,7-10,13H2,1H3/t14-/m1/s1. The van der Waals surface area contributed by atoms with E-state index in [-0.39, 0.29) is 11.9 Å². The van der Waals surface area contributed by atoms with Gasteiger partial charge in [0.15, 0.2) is 0 Å². The van der Waals surface area contributed by atoms with Crippen LogP contribution in [0.1, 0.15) is 25.1 Å². The normalized spacial score (nSPS) is 17.5. The Kier molecular flexibility index (Phi) is 5.48. The Bertz CT molecular complexity index is 675. The third kappa shape index (κ3) is 4.13. The topological polar surface area (TPSA) is 54.3 Å². The molecule has 0 spiro atoms. The van der Waals surface area contributed by atoms with Gasteiger partial charge < -0.3 is 4.90 Å². The van der Waals surface area contributed by atoms with Gasteiger partial charge >= 0.3 is 0 Å². The molecule has 1 aliphatic heterocycles. The van der Waals surface area contributed by atoms with E-state index >= 15 is 0 Å². The zero-order valence-corrected chi connectivity index (χ0v) is 14.6. The van der Waals surface area contributed by atoms with E-state index in [2.05, 4.69) is 15.0 Å². The van der Waals surface area contributed by atoms with Gasteiger partial charge in [-0.1, -0.05) is 17.7 Å². The molecule has 1 atom stereocenters. The number of nitrogens with zero attached hydrogens (tertiary/aromatic N) is 5. The number of aromatic nitrogens is 3. The average molecular weight is 348 g/mol. The van der Waals surface area contributed by atoms with Crippen molar-refractivity contribution >= 4 is 17.5 Å². The summed E-state index contributed by atoms with van der Waals surface area (Å²) in [6, 6.07) is 5.64. The van der Waals surface area contributed by atoms with Gasteiger partial charge in [-0.3, -0.25) is 19.4 Å². The molecule has 1 fully saturated rings. The lowest BCUT2D eigenvalue weighted by molar-refractivity contribution is -0.134. The molecule has 3 heterocycles. The monoisotopic (exact) mass is 347 g/mol. The van der Waals surface area contributed by atoms with Crippen LogP contribution in [0.15, 0.2) is 36.8 Å². The fraction of sp³-hybridized carbons (Fsp3) is 0.471. The Morgan fingerprint density at radius 2 is 2.17 bits per heavy atom. The molecule has 1 amide bonds. The van der Waals surface area contributed by atoms with Gasteiger partial charge in [0, 0.05) is 45.1 Å². The van der Waals surface area contributed by atoms with Crippen molar-refractivity contribution in [2.75, 3.05) is 26.2 Å². The minimum atomic E-state index is -0.333. The molecule has 0 unspecified atom stereocenters. The van der Waals surface area contributed by atoms with Crippen LogP contribution in [0.2, 0.25) is 5.02 Å². The number of hydrogen-bond acceptors (Lipinski definition) is 4. The van der Waals surface area contributed by atoms with Crippen LogP contribution in [-0.4, -0.2) is 56.7 Å². The van der Waals surface area contributed by atoms with Crippen molar-refractivity contribution in [2.24, 2.45) is 0 Å². The highest BCUT2D eigenvalue weighted by Crippen LogP contribution is 2.15. The van der Waals surface area contributed by atoms with E-state index in [4.69, 9.17) is 11.6 Å². The third-order valence-corrected chi connectivity index (χ3v) is 4.53. The van der Waals surface area contributed by atoms with Gasteiger partial charge in [0.2, 0.25) is 5.91 Å². The van der Waals surface area contributed by atoms with Gasteiger partial charge in [-0.25, -0.2) is 0 Å². The van der Waals surface area contributed by atoms with E-state index in [0.717, 1.165) is 44.8 Å². The zero-order chi connectivity index (χ0) is 16.9. The minimum Gasteiger partial charge on any atom is -0.340 e. The first-order valence-corrected chi connectivity index (χ1v) is 8.62. The summed E-state index contributed by atoms with van der Waals surface area (Å²) in [6.07, 6.45) is 6.03. The maximum atomic E-state index is 12.7. The van der Waals surface area contributed by atoms with Gasteiger partial charge in [-0.2, -0.15) is 5.10 Å². The highest BCUT2D eigenvalue weighted by molar-refractivity contribution is 6.30. The van der Waals surface area contributed by atoms with Crippen LogP contribution in [0.3, 0.4) is 0 Å². The molecule has 0 aromatic carbocycles. The molecule has 1 aliphatic rings. The maximum Gasteiger partial charge on any atom is 0.247 e. The van der Waals surface area contributed by atoms with Crippen molar-refractivity contribution in [2.45, 2.75) is 25.9 Å². The molecule has 24 heavy (non-hydrogen) atoms. The van der Waals surface area contributed by atoms with Crippen molar-refractivity contribution in [3.05, 3.63) is 47.5 Å². The van der Waals surface area contributed by atoms with E-state index in [0.29, 0.717) is 5.02 Å². The van der Waals surface area contributed by atoms with Crippen LogP contribution < -0.4 is 0 Å². The SMILES string of the molecule is C[C@H](C(=O)N1CCCN(Cc2ccccn2)CC1)n1cc(Cl)cn1. The van der Waals surface area contributed by atoms with Crippen molar-refractivity contribution in [3.8, 4) is 0 Å². The lowest BCUT2D eigenvalue weighted by atomic mass is 10.2. The first-order chi connectivity index (χ1) is 11.6. The number of pyridine rings is 1. The van der Waals surface area contributed by atoms with Crippen LogP contribution in [0.4, 0.5) is 0 Å². The Hall–Kier alpha value is -1.92. The number of halogens is 1. The lowest BCUT2D eigenvalue weighted by Gasteiger charge is -2.24. The first kappa shape index (κ1) is 16.9. The van der Waals surface area contributed by atoms with Crippen LogP contribution in [0.25, 0.3) is 0 Å². The largest absolute Gasteiger partial charge is 0.340 e. The molecule has 0 saturated carbocycles. The van der Waals surface area contributed by atoms with E-state index in [1.54, 1.807) is 17.1 Å². The van der Waals surface area contributed by atoms with E-state index in [1.807, 2.05) is 36.2 Å². The summed E-state index contributed by atoms with van der Waals surface area (Å²) in [5, 5.41) is 4.69. The quantitative estimate of drug-likeness (QED) is 0.851. The molecule has 2 aromatic heterocycles. The molecule has 7 heteroatoms. The summed E-state index contributed by atoms with van der Waals surface area (Å²) < 4.78 is 1.63. The van der Waals surface area contributed by atoms with E-state index in [9.17, 15) is 4.79 Å². The number of carbonyl (C=O) groups excluding carboxylic acids is 1. The molecule has 128 valence electrons. The summed E-state index contributed by atoms with van der Waals surface area (Å²) in [6.45, 7) is 6.02. The van der Waals surface area contributed by atoms with Gasteiger partial charge in [-0.15, -0.1) is 0 Å². The van der Waals surface area contributed by atoms with Crippen LogP contribution in [0.5, 0.6) is 0 Å². The molecule has 3 rings (SSSR count). The minimum absolute atomic E-state index is 0.0921. The van der Waals surface area contributed by atoms with Crippen LogP contribution in [-0.2, 0) is 11.3 Å². The smallest absolute Gasteiger partial charge is 0.247 e. The molecule has 0 radical (unpaired) electrons. The van der Waals surface area contributed by atoms with Gasteiger partial charge in [0.25, 0.3) is 0 Å². The van der Waals surface area contributed by atoms with Crippen molar-refractivity contribution < 1.29 is 4.79 Å². The average Bonchev–Trinajstić information content (AvgIpc) is 2.90. The molecular weight excluding hydrogens is 326 g/mol. The highest BCUT2D eigenvalue weighted by Gasteiger charge is 2.25. The summed E-state index contributed by atoms with van der Waals surface area (Å²) >= 11 is 5.90. The summed E-state index contributed by atoms with van der Waals surface area (Å²) in [5.41, 5.74) is 1.07. The number of hydrogen-bond donors (Lipinski definition) is 0. The maximum absolute atomic E-state index is 12.7. The number of carbonyl (C=O) groups is 1. The molecule has 0 N–H and O–H groups in total. The summed E-state index contributed by atoms with van der Waals surface area (Å²) in [4.78, 5) is 21.4. The Morgan fingerprint density at radius 1 is 1.29 bits per heavy atom. The second kappa shape index (κ2) is 7.77. The lowest BCUT2D eigenvalue weighted by Crippen LogP contribution is -2.39. The van der Waals surface area contributed by atoms with Gasteiger partial charge in [-0.05, 0) is 25.5 Å². The van der Waals surface area contributed by atoms with Gasteiger partial charge in [0.05, 0.1) is 16.9 Å². The van der Waals surface area contributed by atoms with Crippen molar-refractivity contribution in [1.29, 1.82) is 0 Å². The predicted molar refractivity (Wildman–Crippen MR) is 92.7 cm³/mol. The molecule has 0 aliphatic carbocycles. The van der Waals surface area contributed by atoms with E-state index < -0.39 is 0 Å². The summed E-state index contributed by atoms with van der Waals surface area (Å²) in [7, 11) is 0. The Morgan fingerprint density at radius 3 is 2.88 bits per heavy atom.